The van der Waals surface area contributed by atoms with Crippen molar-refractivity contribution in [1.29, 1.82) is 0 Å². The molecule has 1 saturated heterocycles. The lowest BCUT2D eigenvalue weighted by atomic mass is 9.63. The number of aromatic hydroxyl groups is 2. The van der Waals surface area contributed by atoms with Crippen LogP contribution >= 0.6 is 15.9 Å². The quantitative estimate of drug-likeness (QED) is 0.585. The van der Waals surface area contributed by atoms with Crippen molar-refractivity contribution < 1.29 is 10.2 Å². The van der Waals surface area contributed by atoms with Crippen LogP contribution in [0.4, 0.5) is 0 Å². The lowest BCUT2D eigenvalue weighted by Gasteiger charge is -2.53. The lowest BCUT2D eigenvalue weighted by molar-refractivity contribution is 0.0521. The number of nitrogens with zero attached hydrogens (tertiary/aromatic N) is 1. The van der Waals surface area contributed by atoms with E-state index < -0.39 is 0 Å². The number of fused-ring (bicyclic) bond motifs is 2. The maximum atomic E-state index is 10.5. The van der Waals surface area contributed by atoms with E-state index in [-0.39, 0.29) is 16.0 Å². The van der Waals surface area contributed by atoms with Crippen molar-refractivity contribution in [3.05, 3.63) is 59.7 Å². The fraction of sp³-hybridized carbons (Fsp3) is 0.429. The number of halogens is 1. The van der Waals surface area contributed by atoms with Crippen LogP contribution in [0.5, 0.6) is 11.5 Å². The van der Waals surface area contributed by atoms with Crippen LogP contribution in [0.1, 0.15) is 36.8 Å². The Hall–Kier alpha value is -1.52. The maximum absolute atomic E-state index is 10.5. The van der Waals surface area contributed by atoms with Crippen LogP contribution in [0.3, 0.4) is 0 Å². The van der Waals surface area contributed by atoms with Crippen LogP contribution in [0.25, 0.3) is 0 Å². The van der Waals surface area contributed by atoms with Crippen molar-refractivity contribution in [2.45, 2.75) is 48.5 Å². The molecular formula is C21H24BrNO2. The zero-order valence-corrected chi connectivity index (χ0v) is 15.8. The van der Waals surface area contributed by atoms with Gasteiger partial charge in [-0.2, -0.15) is 0 Å². The SMILES string of the molecule is Oc1ccc(O)c([C@]23CCC[C@H](C2)N(Cc2ccccc2)C[C@H]3Br)c1. The Bertz CT molecular complexity index is 751. The standard InChI is InChI=1S/C21H24BrNO2/c22-20-14-23(13-15-5-2-1-3-6-15)16-7-4-10-21(20,12-16)18-11-17(24)8-9-19(18)25/h1-3,5-6,8-9,11,16,20,24-25H,4,7,10,12-14H2/t16-,20-,21+/m1/s1. The zero-order valence-electron chi connectivity index (χ0n) is 14.2. The van der Waals surface area contributed by atoms with Crippen molar-refractivity contribution >= 4 is 15.9 Å². The highest BCUT2D eigenvalue weighted by atomic mass is 79.9. The lowest BCUT2D eigenvalue weighted by Crippen LogP contribution is -2.57. The molecule has 2 aliphatic rings. The van der Waals surface area contributed by atoms with Crippen molar-refractivity contribution in [2.75, 3.05) is 6.54 Å². The summed E-state index contributed by atoms with van der Waals surface area (Å²) < 4.78 is 0. The molecule has 0 unspecified atom stereocenters. The van der Waals surface area contributed by atoms with Gasteiger partial charge in [-0.05, 0) is 43.0 Å². The third-order valence-corrected chi connectivity index (χ3v) is 7.18. The van der Waals surface area contributed by atoms with E-state index in [4.69, 9.17) is 0 Å². The monoisotopic (exact) mass is 401 g/mol. The molecule has 0 amide bonds. The average molecular weight is 402 g/mol. The van der Waals surface area contributed by atoms with Crippen LogP contribution in [0, 0.1) is 0 Å². The average Bonchev–Trinajstić information content (AvgIpc) is 2.63. The molecule has 3 atom stereocenters. The minimum Gasteiger partial charge on any atom is -0.508 e. The molecule has 1 saturated carbocycles. The molecule has 1 heterocycles. The number of phenolic OH excluding ortho intramolecular Hbond substituents is 2. The van der Waals surface area contributed by atoms with Gasteiger partial charge in [0.1, 0.15) is 11.5 Å². The highest BCUT2D eigenvalue weighted by Crippen LogP contribution is 2.52. The second-order valence-electron chi connectivity index (χ2n) is 7.49. The largest absolute Gasteiger partial charge is 0.508 e. The summed E-state index contributed by atoms with van der Waals surface area (Å²) in [5.74, 6) is 0.537. The number of phenols is 2. The Kier molecular flexibility index (Phi) is 4.50. The highest BCUT2D eigenvalue weighted by Gasteiger charge is 2.50. The summed E-state index contributed by atoms with van der Waals surface area (Å²) in [6.07, 6.45) is 4.42. The predicted molar refractivity (Wildman–Crippen MR) is 103 cm³/mol. The topological polar surface area (TPSA) is 43.7 Å². The van der Waals surface area contributed by atoms with Gasteiger partial charge in [0, 0.05) is 34.9 Å². The Labute approximate surface area is 157 Å². The Balaban J connectivity index is 1.63. The molecule has 0 aromatic heterocycles. The molecule has 1 aliphatic heterocycles. The van der Waals surface area contributed by atoms with E-state index in [9.17, 15) is 10.2 Å². The fourth-order valence-electron chi connectivity index (χ4n) is 4.75. The van der Waals surface area contributed by atoms with Gasteiger partial charge in [-0.15, -0.1) is 0 Å². The van der Waals surface area contributed by atoms with E-state index >= 15 is 0 Å². The summed E-state index contributed by atoms with van der Waals surface area (Å²) >= 11 is 3.95. The molecule has 132 valence electrons. The van der Waals surface area contributed by atoms with Gasteiger partial charge in [0.15, 0.2) is 0 Å². The third kappa shape index (κ3) is 3.06. The van der Waals surface area contributed by atoms with Gasteiger partial charge < -0.3 is 10.2 Å². The van der Waals surface area contributed by atoms with Gasteiger partial charge in [0.2, 0.25) is 0 Å². The molecule has 2 bridgehead atoms. The smallest absolute Gasteiger partial charge is 0.119 e. The number of rotatable bonds is 3. The molecule has 2 N–H and O–H groups in total. The first-order chi connectivity index (χ1) is 12.1. The van der Waals surface area contributed by atoms with Gasteiger partial charge in [-0.3, -0.25) is 4.90 Å². The molecule has 4 rings (SSSR count). The molecule has 2 aromatic rings. The summed E-state index contributed by atoms with van der Waals surface area (Å²) in [6.45, 7) is 1.92. The predicted octanol–water partition coefficient (Wildman–Crippen LogP) is 4.56. The van der Waals surface area contributed by atoms with Gasteiger partial charge in [0.05, 0.1) is 0 Å². The Morgan fingerprint density at radius 2 is 1.92 bits per heavy atom. The van der Waals surface area contributed by atoms with Crippen molar-refractivity contribution in [2.24, 2.45) is 0 Å². The van der Waals surface area contributed by atoms with Crippen molar-refractivity contribution in [1.82, 2.24) is 4.90 Å². The van der Waals surface area contributed by atoms with Crippen molar-refractivity contribution in [3.8, 4) is 11.5 Å². The zero-order chi connectivity index (χ0) is 17.4. The van der Waals surface area contributed by atoms with Crippen LogP contribution in [-0.4, -0.2) is 32.5 Å². The van der Waals surface area contributed by atoms with Gasteiger partial charge in [-0.1, -0.05) is 52.7 Å². The number of hydrogen-bond acceptors (Lipinski definition) is 3. The van der Waals surface area contributed by atoms with E-state index in [2.05, 4.69) is 51.2 Å². The molecule has 0 spiro atoms. The van der Waals surface area contributed by atoms with Gasteiger partial charge in [-0.25, -0.2) is 0 Å². The van der Waals surface area contributed by atoms with Crippen LogP contribution in [0.15, 0.2) is 48.5 Å². The van der Waals surface area contributed by atoms with E-state index in [0.29, 0.717) is 11.8 Å². The van der Waals surface area contributed by atoms with Crippen LogP contribution < -0.4 is 0 Å². The first kappa shape index (κ1) is 16.9. The Morgan fingerprint density at radius 3 is 2.72 bits per heavy atom. The molecule has 2 aromatic carbocycles. The van der Waals surface area contributed by atoms with E-state index in [0.717, 1.165) is 37.9 Å². The minimum absolute atomic E-state index is 0.0983. The number of alkyl halides is 1. The number of hydrogen-bond donors (Lipinski definition) is 2. The number of benzene rings is 2. The van der Waals surface area contributed by atoms with Crippen LogP contribution in [0.2, 0.25) is 0 Å². The summed E-state index contributed by atoms with van der Waals surface area (Å²) in [6, 6.07) is 16.1. The normalized spacial score (nSPS) is 29.5. The molecule has 1 aliphatic carbocycles. The van der Waals surface area contributed by atoms with E-state index in [1.54, 1.807) is 18.2 Å². The van der Waals surface area contributed by atoms with E-state index in [1.807, 2.05) is 0 Å². The Morgan fingerprint density at radius 1 is 1.12 bits per heavy atom. The first-order valence-electron chi connectivity index (χ1n) is 9.03. The highest BCUT2D eigenvalue weighted by molar-refractivity contribution is 9.09. The van der Waals surface area contributed by atoms with Crippen LogP contribution in [-0.2, 0) is 12.0 Å². The fourth-order valence-corrected chi connectivity index (χ4v) is 5.79. The summed E-state index contributed by atoms with van der Waals surface area (Å²) in [5.41, 5.74) is 2.15. The molecular weight excluding hydrogens is 378 g/mol. The van der Waals surface area contributed by atoms with Gasteiger partial charge >= 0.3 is 0 Å². The summed E-state index contributed by atoms with van der Waals surface area (Å²) in [5, 5.41) is 20.4. The molecule has 2 fully saturated rings. The summed E-state index contributed by atoms with van der Waals surface area (Å²) in [7, 11) is 0. The minimum atomic E-state index is -0.0983. The second kappa shape index (κ2) is 6.65. The van der Waals surface area contributed by atoms with Gasteiger partial charge in [0.25, 0.3) is 0 Å². The van der Waals surface area contributed by atoms with Crippen molar-refractivity contribution in [3.63, 3.8) is 0 Å². The third-order valence-electron chi connectivity index (χ3n) is 6.02. The molecule has 0 radical (unpaired) electrons. The van der Waals surface area contributed by atoms with E-state index in [1.165, 1.54) is 12.0 Å². The maximum Gasteiger partial charge on any atom is 0.119 e. The number of piperidine rings is 1. The molecule has 4 heteroatoms. The second-order valence-corrected chi connectivity index (χ2v) is 8.60. The number of likely N-dealkylation sites (tertiary alicyclic amines) is 1. The molecule has 3 nitrogen and oxygen atoms in total. The first-order valence-corrected chi connectivity index (χ1v) is 9.94. The summed E-state index contributed by atoms with van der Waals surface area (Å²) in [4.78, 5) is 2.83. The molecule has 25 heavy (non-hydrogen) atoms.